The fourth-order valence-corrected chi connectivity index (χ4v) is 5.68. The minimum Gasteiger partial charge on any atom is -0.336 e. The van der Waals surface area contributed by atoms with Crippen molar-refractivity contribution in [3.05, 3.63) is 59.3 Å². The zero-order valence-corrected chi connectivity index (χ0v) is 15.9. The van der Waals surface area contributed by atoms with Gasteiger partial charge in [-0.25, -0.2) is 8.42 Å². The van der Waals surface area contributed by atoms with Gasteiger partial charge in [0.05, 0.1) is 0 Å². The third kappa shape index (κ3) is 4.52. The molecule has 8 heteroatoms. The van der Waals surface area contributed by atoms with Gasteiger partial charge in [-0.3, -0.25) is 4.79 Å². The Morgan fingerprint density at radius 3 is 2.40 bits per heavy atom. The molecule has 1 aliphatic rings. The number of piperazine rings is 1. The molecule has 0 aliphatic carbocycles. The van der Waals surface area contributed by atoms with Gasteiger partial charge >= 0.3 is 0 Å². The first-order chi connectivity index (χ1) is 12.1. The van der Waals surface area contributed by atoms with E-state index in [1.165, 1.54) is 27.4 Å². The Morgan fingerprint density at radius 1 is 1.04 bits per heavy atom. The van der Waals surface area contributed by atoms with Crippen molar-refractivity contribution in [1.29, 1.82) is 0 Å². The molecule has 0 atom stereocenters. The molecule has 0 bridgehead atoms. The van der Waals surface area contributed by atoms with Crippen LogP contribution in [0, 0.1) is 0 Å². The van der Waals surface area contributed by atoms with E-state index in [0.29, 0.717) is 30.4 Å². The molecule has 2 aromatic rings. The van der Waals surface area contributed by atoms with Crippen LogP contribution in [-0.4, -0.2) is 49.7 Å². The summed E-state index contributed by atoms with van der Waals surface area (Å²) in [6.07, 6.45) is 1.54. The van der Waals surface area contributed by atoms with E-state index in [4.69, 9.17) is 0 Å². The number of thioether (sulfide) groups is 1. The number of amides is 1. The van der Waals surface area contributed by atoms with Gasteiger partial charge in [0, 0.05) is 37.2 Å². The molecule has 1 amide bonds. The Morgan fingerprint density at radius 2 is 1.76 bits per heavy atom. The molecule has 0 radical (unpaired) electrons. The smallest absolute Gasteiger partial charge is 0.252 e. The number of carbonyl (C=O) groups is 1. The molecule has 132 valence electrons. The van der Waals surface area contributed by atoms with Gasteiger partial charge in [-0.2, -0.15) is 4.31 Å². The number of sulfonamides is 1. The van der Waals surface area contributed by atoms with E-state index in [2.05, 4.69) is 0 Å². The summed E-state index contributed by atoms with van der Waals surface area (Å²) in [7, 11) is -3.43. The Labute approximate surface area is 156 Å². The molecule has 3 rings (SSSR count). The maximum Gasteiger partial charge on any atom is 0.252 e. The Bertz CT molecular complexity index is 825. The van der Waals surface area contributed by atoms with Crippen molar-refractivity contribution in [1.82, 2.24) is 9.21 Å². The summed E-state index contributed by atoms with van der Waals surface area (Å²) >= 11 is 2.70. The standard InChI is InChI=1S/C17H18N2O3S3/c20-16(8-14-23-15-5-2-1-3-6-15)18-9-11-19(12-10-18)25(21,22)17-7-4-13-24-17/h1-8,13-14H,9-12H2/b14-8+. The molecular weight excluding hydrogens is 376 g/mol. The third-order valence-corrected chi connectivity index (χ3v) is 7.89. The molecule has 0 spiro atoms. The summed E-state index contributed by atoms with van der Waals surface area (Å²) in [5.74, 6) is -0.0865. The highest BCUT2D eigenvalue weighted by molar-refractivity contribution is 8.02. The molecule has 25 heavy (non-hydrogen) atoms. The Hall–Kier alpha value is -1.61. The summed E-state index contributed by atoms with van der Waals surface area (Å²) in [6, 6.07) is 13.1. The van der Waals surface area contributed by atoms with Crippen molar-refractivity contribution >= 4 is 39.0 Å². The van der Waals surface area contributed by atoms with Crippen LogP contribution < -0.4 is 0 Å². The van der Waals surface area contributed by atoms with Crippen molar-refractivity contribution in [2.24, 2.45) is 0 Å². The molecule has 1 aromatic carbocycles. The quantitative estimate of drug-likeness (QED) is 0.578. The molecule has 1 aromatic heterocycles. The zero-order valence-electron chi connectivity index (χ0n) is 13.4. The van der Waals surface area contributed by atoms with E-state index in [9.17, 15) is 13.2 Å². The second-order valence-corrected chi connectivity index (χ2v) is 9.49. The van der Waals surface area contributed by atoms with E-state index in [1.807, 2.05) is 30.3 Å². The van der Waals surface area contributed by atoms with Gasteiger partial charge in [-0.1, -0.05) is 36.0 Å². The second kappa shape index (κ2) is 8.18. The van der Waals surface area contributed by atoms with E-state index in [1.54, 1.807) is 33.9 Å². The molecule has 1 fully saturated rings. The van der Waals surface area contributed by atoms with Gasteiger partial charge in [0.1, 0.15) is 4.21 Å². The highest BCUT2D eigenvalue weighted by Gasteiger charge is 2.30. The van der Waals surface area contributed by atoms with Crippen LogP contribution in [0.15, 0.2) is 68.4 Å². The van der Waals surface area contributed by atoms with Crippen LogP contribution in [0.3, 0.4) is 0 Å². The number of carbonyl (C=O) groups excluding carboxylic acids is 1. The van der Waals surface area contributed by atoms with Crippen LogP contribution in [0.1, 0.15) is 0 Å². The first-order valence-electron chi connectivity index (χ1n) is 7.78. The van der Waals surface area contributed by atoms with E-state index >= 15 is 0 Å². The van der Waals surface area contributed by atoms with Gasteiger partial charge in [0.15, 0.2) is 0 Å². The van der Waals surface area contributed by atoms with E-state index in [0.717, 1.165) is 4.90 Å². The van der Waals surface area contributed by atoms with Crippen LogP contribution >= 0.6 is 23.1 Å². The van der Waals surface area contributed by atoms with Crippen molar-refractivity contribution in [2.75, 3.05) is 26.2 Å². The van der Waals surface area contributed by atoms with Crippen LogP contribution in [0.4, 0.5) is 0 Å². The summed E-state index contributed by atoms with van der Waals surface area (Å²) in [5, 5.41) is 3.52. The topological polar surface area (TPSA) is 57.7 Å². The van der Waals surface area contributed by atoms with E-state index in [-0.39, 0.29) is 5.91 Å². The molecular formula is C17H18N2O3S3. The normalized spacial score (nSPS) is 16.4. The third-order valence-electron chi connectivity index (χ3n) is 3.80. The van der Waals surface area contributed by atoms with E-state index < -0.39 is 10.0 Å². The first-order valence-corrected chi connectivity index (χ1v) is 11.0. The van der Waals surface area contributed by atoms with Gasteiger partial charge in [-0.05, 0) is 29.0 Å². The van der Waals surface area contributed by atoms with Gasteiger partial charge < -0.3 is 4.90 Å². The number of rotatable bonds is 5. The molecule has 2 heterocycles. The maximum absolute atomic E-state index is 12.5. The average Bonchev–Trinajstić information content (AvgIpc) is 3.18. The molecule has 1 saturated heterocycles. The summed E-state index contributed by atoms with van der Waals surface area (Å²) in [6.45, 7) is 1.46. The monoisotopic (exact) mass is 394 g/mol. The van der Waals surface area contributed by atoms with Gasteiger partial charge in [-0.15, -0.1) is 11.3 Å². The van der Waals surface area contributed by atoms with Crippen LogP contribution in [0.2, 0.25) is 0 Å². The Balaban J connectivity index is 1.53. The largest absolute Gasteiger partial charge is 0.336 e. The fourth-order valence-electron chi connectivity index (χ4n) is 2.46. The highest BCUT2D eigenvalue weighted by Crippen LogP contribution is 2.22. The minimum atomic E-state index is -3.43. The molecule has 5 nitrogen and oxygen atoms in total. The number of hydrogen-bond donors (Lipinski definition) is 0. The summed E-state index contributed by atoms with van der Waals surface area (Å²) < 4.78 is 26.7. The van der Waals surface area contributed by atoms with Gasteiger partial charge in [0.25, 0.3) is 10.0 Å². The van der Waals surface area contributed by atoms with Crippen molar-refractivity contribution in [2.45, 2.75) is 9.10 Å². The average molecular weight is 395 g/mol. The number of benzene rings is 1. The Kier molecular flexibility index (Phi) is 5.95. The summed E-state index contributed by atoms with van der Waals surface area (Å²) in [4.78, 5) is 15.0. The highest BCUT2D eigenvalue weighted by atomic mass is 32.2. The number of hydrogen-bond acceptors (Lipinski definition) is 5. The lowest BCUT2D eigenvalue weighted by Gasteiger charge is -2.33. The lowest BCUT2D eigenvalue weighted by atomic mass is 10.3. The molecule has 0 N–H and O–H groups in total. The second-order valence-electron chi connectivity index (χ2n) is 5.40. The van der Waals surface area contributed by atoms with Crippen molar-refractivity contribution < 1.29 is 13.2 Å². The first kappa shape index (κ1) is 18.2. The van der Waals surface area contributed by atoms with Crippen LogP contribution in [-0.2, 0) is 14.8 Å². The van der Waals surface area contributed by atoms with Crippen LogP contribution in [0.25, 0.3) is 0 Å². The van der Waals surface area contributed by atoms with Gasteiger partial charge in [0.2, 0.25) is 5.91 Å². The SMILES string of the molecule is O=C(/C=C/Sc1ccccc1)N1CCN(S(=O)(=O)c2cccs2)CC1. The summed E-state index contributed by atoms with van der Waals surface area (Å²) in [5.41, 5.74) is 0. The maximum atomic E-state index is 12.5. The molecule has 1 aliphatic heterocycles. The van der Waals surface area contributed by atoms with Crippen molar-refractivity contribution in [3.8, 4) is 0 Å². The predicted octanol–water partition coefficient (Wildman–Crippen LogP) is 2.89. The van der Waals surface area contributed by atoms with Crippen molar-refractivity contribution in [3.63, 3.8) is 0 Å². The number of thiophene rings is 1. The molecule has 0 unspecified atom stereocenters. The predicted molar refractivity (Wildman–Crippen MR) is 101 cm³/mol. The molecule has 0 saturated carbocycles. The van der Waals surface area contributed by atoms with Crippen LogP contribution in [0.5, 0.6) is 0 Å². The zero-order chi connectivity index (χ0) is 17.7. The lowest BCUT2D eigenvalue weighted by Crippen LogP contribution is -2.50. The lowest BCUT2D eigenvalue weighted by molar-refractivity contribution is -0.127. The fraction of sp³-hybridized carbons (Fsp3) is 0.235. The minimum absolute atomic E-state index is 0.0865. The number of nitrogens with zero attached hydrogens (tertiary/aromatic N) is 2.